The van der Waals surface area contributed by atoms with Crippen LogP contribution in [-0.4, -0.2) is 25.5 Å². The number of hydrogen-bond donors (Lipinski definition) is 2. The Kier molecular flexibility index (Phi) is 6.26. The predicted molar refractivity (Wildman–Crippen MR) is 77.7 cm³/mol. The number of nitrogens with one attached hydrogen (secondary N) is 1. The molecule has 1 unspecified atom stereocenters. The van der Waals surface area contributed by atoms with Crippen LogP contribution in [0, 0.1) is 0 Å². The quantitative estimate of drug-likeness (QED) is 0.799. The van der Waals surface area contributed by atoms with E-state index in [1.165, 1.54) is 18.2 Å². The van der Waals surface area contributed by atoms with Crippen LogP contribution in [0.1, 0.15) is 26.2 Å². The summed E-state index contributed by atoms with van der Waals surface area (Å²) in [5.74, 6) is -0.905. The largest absolute Gasteiger partial charge is 0.481 e. The molecule has 20 heavy (non-hydrogen) atoms. The van der Waals surface area contributed by atoms with E-state index in [0.29, 0.717) is 12.8 Å². The van der Waals surface area contributed by atoms with E-state index in [1.807, 2.05) is 0 Å². The third-order valence-electron chi connectivity index (χ3n) is 2.59. The van der Waals surface area contributed by atoms with E-state index in [-0.39, 0.29) is 21.4 Å². The molecule has 1 rings (SSSR count). The summed E-state index contributed by atoms with van der Waals surface area (Å²) in [6.45, 7) is 1.66. The van der Waals surface area contributed by atoms with Gasteiger partial charge in [0.1, 0.15) is 4.90 Å². The average molecular weight is 340 g/mol. The third-order valence-corrected chi connectivity index (χ3v) is 5.15. The molecule has 0 amide bonds. The van der Waals surface area contributed by atoms with Crippen molar-refractivity contribution >= 4 is 39.2 Å². The van der Waals surface area contributed by atoms with Crippen LogP contribution in [0.5, 0.6) is 0 Å². The smallest absolute Gasteiger partial charge is 0.303 e. The molecule has 0 bridgehead atoms. The van der Waals surface area contributed by atoms with Crippen molar-refractivity contribution in [3.8, 4) is 0 Å². The van der Waals surface area contributed by atoms with E-state index in [9.17, 15) is 13.2 Å². The molecule has 5 nitrogen and oxygen atoms in total. The van der Waals surface area contributed by atoms with Gasteiger partial charge in [-0.2, -0.15) is 0 Å². The molecule has 0 radical (unpaired) electrons. The minimum absolute atomic E-state index is 0.00396. The van der Waals surface area contributed by atoms with Gasteiger partial charge in [-0.1, -0.05) is 29.3 Å². The lowest BCUT2D eigenvalue weighted by Crippen LogP contribution is -2.32. The van der Waals surface area contributed by atoms with Gasteiger partial charge in [-0.3, -0.25) is 4.79 Å². The van der Waals surface area contributed by atoms with E-state index in [1.54, 1.807) is 6.92 Å². The molecule has 0 aromatic heterocycles. The third kappa shape index (κ3) is 4.94. The second-order valence-electron chi connectivity index (χ2n) is 4.36. The molecule has 0 saturated heterocycles. The first-order chi connectivity index (χ1) is 9.24. The van der Waals surface area contributed by atoms with Crippen molar-refractivity contribution in [2.75, 3.05) is 0 Å². The van der Waals surface area contributed by atoms with Crippen LogP contribution < -0.4 is 4.72 Å². The number of carbonyl (C=O) groups is 1. The Morgan fingerprint density at radius 3 is 2.65 bits per heavy atom. The number of benzene rings is 1. The van der Waals surface area contributed by atoms with E-state index in [0.717, 1.165) is 0 Å². The fourth-order valence-corrected chi connectivity index (χ4v) is 3.68. The molecule has 0 aliphatic carbocycles. The van der Waals surface area contributed by atoms with Crippen molar-refractivity contribution in [1.82, 2.24) is 4.72 Å². The van der Waals surface area contributed by atoms with Crippen LogP contribution in [0.2, 0.25) is 10.0 Å². The Morgan fingerprint density at radius 2 is 2.05 bits per heavy atom. The number of rotatable bonds is 7. The first-order valence-electron chi connectivity index (χ1n) is 5.92. The van der Waals surface area contributed by atoms with Gasteiger partial charge >= 0.3 is 5.97 Å². The van der Waals surface area contributed by atoms with Gasteiger partial charge in [0, 0.05) is 12.5 Å². The highest BCUT2D eigenvalue weighted by Crippen LogP contribution is 2.28. The molecule has 0 fully saturated rings. The topological polar surface area (TPSA) is 83.5 Å². The SMILES string of the molecule is CC(CCCC(=O)O)NS(=O)(=O)c1cccc(Cl)c1Cl. The molecule has 0 aliphatic rings. The van der Waals surface area contributed by atoms with Crippen LogP contribution in [0.3, 0.4) is 0 Å². The van der Waals surface area contributed by atoms with Crippen molar-refractivity contribution in [3.63, 3.8) is 0 Å². The van der Waals surface area contributed by atoms with Crippen LogP contribution in [0.15, 0.2) is 23.1 Å². The lowest BCUT2D eigenvalue weighted by molar-refractivity contribution is -0.137. The molecule has 1 aromatic carbocycles. The van der Waals surface area contributed by atoms with Gasteiger partial charge in [-0.15, -0.1) is 0 Å². The van der Waals surface area contributed by atoms with Gasteiger partial charge in [-0.05, 0) is 31.9 Å². The second kappa shape index (κ2) is 7.26. The fourth-order valence-electron chi connectivity index (χ4n) is 1.64. The number of hydrogen-bond acceptors (Lipinski definition) is 3. The number of aliphatic carboxylic acids is 1. The minimum atomic E-state index is -3.78. The summed E-state index contributed by atoms with van der Waals surface area (Å²) in [5, 5.41) is 8.67. The van der Waals surface area contributed by atoms with Gasteiger partial charge < -0.3 is 5.11 Å². The highest BCUT2D eigenvalue weighted by Gasteiger charge is 2.21. The summed E-state index contributed by atoms with van der Waals surface area (Å²) in [6, 6.07) is 3.96. The Balaban J connectivity index is 2.74. The van der Waals surface area contributed by atoms with Crippen molar-refractivity contribution < 1.29 is 18.3 Å². The summed E-state index contributed by atoms with van der Waals surface area (Å²) in [7, 11) is -3.78. The van der Waals surface area contributed by atoms with Gasteiger partial charge in [-0.25, -0.2) is 13.1 Å². The fraction of sp³-hybridized carbons (Fsp3) is 0.417. The molecule has 1 aromatic rings. The molecular weight excluding hydrogens is 325 g/mol. The summed E-state index contributed by atoms with van der Waals surface area (Å²) in [4.78, 5) is 10.3. The molecule has 0 aliphatic heterocycles. The molecule has 8 heteroatoms. The van der Waals surface area contributed by atoms with E-state index < -0.39 is 22.0 Å². The zero-order chi connectivity index (χ0) is 15.3. The second-order valence-corrected chi connectivity index (χ2v) is 6.83. The molecule has 0 saturated carbocycles. The number of carboxylic acids is 1. The van der Waals surface area contributed by atoms with Crippen LogP contribution in [0.25, 0.3) is 0 Å². The summed E-state index contributed by atoms with van der Waals surface area (Å²) < 4.78 is 26.7. The maximum atomic E-state index is 12.1. The first kappa shape index (κ1) is 17.2. The molecule has 112 valence electrons. The Labute approximate surface area is 127 Å². The maximum Gasteiger partial charge on any atom is 0.303 e. The highest BCUT2D eigenvalue weighted by atomic mass is 35.5. The van der Waals surface area contributed by atoms with Crippen LogP contribution >= 0.6 is 23.2 Å². The predicted octanol–water partition coefficient (Wildman–Crippen LogP) is 2.92. The van der Waals surface area contributed by atoms with Crippen LogP contribution in [0.4, 0.5) is 0 Å². The Bertz CT molecular complexity index is 589. The van der Waals surface area contributed by atoms with Gasteiger partial charge in [0.2, 0.25) is 10.0 Å². The molecular formula is C12H15Cl2NO4S. The molecule has 0 heterocycles. The van der Waals surface area contributed by atoms with Crippen molar-refractivity contribution in [2.24, 2.45) is 0 Å². The van der Waals surface area contributed by atoms with Crippen LogP contribution in [-0.2, 0) is 14.8 Å². The van der Waals surface area contributed by atoms with Gasteiger partial charge in [0.15, 0.2) is 0 Å². The van der Waals surface area contributed by atoms with Gasteiger partial charge in [0.25, 0.3) is 0 Å². The zero-order valence-corrected chi connectivity index (χ0v) is 13.1. The highest BCUT2D eigenvalue weighted by molar-refractivity contribution is 7.89. The minimum Gasteiger partial charge on any atom is -0.481 e. The van der Waals surface area contributed by atoms with Gasteiger partial charge in [0.05, 0.1) is 10.0 Å². The van der Waals surface area contributed by atoms with E-state index in [2.05, 4.69) is 4.72 Å². The normalized spacial score (nSPS) is 13.2. The summed E-state index contributed by atoms with van der Waals surface area (Å²) in [5.41, 5.74) is 0. The van der Waals surface area contributed by atoms with Crippen molar-refractivity contribution in [3.05, 3.63) is 28.2 Å². The van der Waals surface area contributed by atoms with E-state index >= 15 is 0 Å². The van der Waals surface area contributed by atoms with Crippen molar-refractivity contribution in [1.29, 1.82) is 0 Å². The zero-order valence-electron chi connectivity index (χ0n) is 10.8. The molecule has 1 atom stereocenters. The number of carboxylic acid groups (broad SMARTS) is 1. The average Bonchev–Trinajstić information content (AvgIpc) is 2.31. The molecule has 0 spiro atoms. The Hall–Kier alpha value is -0.820. The first-order valence-corrected chi connectivity index (χ1v) is 8.16. The van der Waals surface area contributed by atoms with Crippen molar-refractivity contribution in [2.45, 2.75) is 37.1 Å². The monoisotopic (exact) mass is 339 g/mol. The summed E-state index contributed by atoms with van der Waals surface area (Å²) in [6.07, 6.45) is 0.815. The number of halogens is 2. The lowest BCUT2D eigenvalue weighted by atomic mass is 10.1. The standard InChI is InChI=1S/C12H15Cl2NO4S/c1-8(4-2-7-11(16)17)15-20(18,19)10-6-3-5-9(13)12(10)14/h3,5-6,8,15H,2,4,7H2,1H3,(H,16,17). The molecule has 2 N–H and O–H groups in total. The van der Waals surface area contributed by atoms with E-state index in [4.69, 9.17) is 28.3 Å². The maximum absolute atomic E-state index is 12.1. The number of sulfonamides is 1. The Morgan fingerprint density at radius 1 is 1.40 bits per heavy atom. The summed E-state index contributed by atoms with van der Waals surface area (Å²) >= 11 is 11.7. The lowest BCUT2D eigenvalue weighted by Gasteiger charge is -2.14.